The summed E-state index contributed by atoms with van der Waals surface area (Å²) in [6, 6.07) is 3.89. The van der Waals surface area contributed by atoms with E-state index in [1.807, 2.05) is 0 Å². The molecule has 1 fully saturated rings. The molecule has 3 rings (SSSR count). The van der Waals surface area contributed by atoms with Gasteiger partial charge in [0.2, 0.25) is 0 Å². The van der Waals surface area contributed by atoms with Crippen molar-refractivity contribution in [3.8, 4) is 5.75 Å². The molecule has 124 valence electrons. The Morgan fingerprint density at radius 3 is 2.74 bits per heavy atom. The molecule has 1 aliphatic rings. The van der Waals surface area contributed by atoms with E-state index in [-0.39, 0.29) is 5.75 Å². The molecule has 0 amide bonds. The van der Waals surface area contributed by atoms with E-state index in [2.05, 4.69) is 41.0 Å². The summed E-state index contributed by atoms with van der Waals surface area (Å²) in [5, 5.41) is 4.30. The molecule has 0 radical (unpaired) electrons. The minimum atomic E-state index is -0.412. The van der Waals surface area contributed by atoms with Crippen LogP contribution in [0.5, 0.6) is 5.75 Å². The van der Waals surface area contributed by atoms with Gasteiger partial charge in [-0.25, -0.2) is 14.4 Å². The minimum Gasteiger partial charge on any atom is -0.494 e. The highest BCUT2D eigenvalue weighted by molar-refractivity contribution is 5.90. The number of benzene rings is 1. The maximum Gasteiger partial charge on any atom is 0.167 e. The molecule has 2 atom stereocenters. The van der Waals surface area contributed by atoms with Gasteiger partial charge in [-0.2, -0.15) is 0 Å². The number of nitrogens with zero attached hydrogens (tertiary/aromatic N) is 3. The number of hydrogen-bond donors (Lipinski definition) is 1. The molecule has 1 aromatic carbocycles. The van der Waals surface area contributed by atoms with Crippen molar-refractivity contribution in [1.82, 2.24) is 14.9 Å². The fraction of sp³-hybridized carbons (Fsp3) is 0.529. The van der Waals surface area contributed by atoms with Crippen molar-refractivity contribution in [2.75, 3.05) is 25.5 Å². The predicted molar refractivity (Wildman–Crippen MR) is 89.3 cm³/mol. The van der Waals surface area contributed by atoms with Crippen molar-refractivity contribution in [2.45, 2.75) is 32.9 Å². The summed E-state index contributed by atoms with van der Waals surface area (Å²) in [4.78, 5) is 11.0. The van der Waals surface area contributed by atoms with Crippen molar-refractivity contribution < 1.29 is 9.13 Å². The van der Waals surface area contributed by atoms with E-state index in [0.29, 0.717) is 23.5 Å². The first-order valence-electron chi connectivity index (χ1n) is 7.98. The first kappa shape index (κ1) is 15.9. The van der Waals surface area contributed by atoms with Gasteiger partial charge in [0.25, 0.3) is 0 Å². The Bertz CT molecular complexity index is 706. The van der Waals surface area contributed by atoms with Crippen LogP contribution < -0.4 is 10.1 Å². The third kappa shape index (κ3) is 3.08. The van der Waals surface area contributed by atoms with Gasteiger partial charge >= 0.3 is 0 Å². The van der Waals surface area contributed by atoms with Gasteiger partial charge in [0, 0.05) is 36.6 Å². The molecule has 0 bridgehead atoms. The molecule has 5 nitrogen and oxygen atoms in total. The summed E-state index contributed by atoms with van der Waals surface area (Å²) in [6.45, 7) is 8.70. The third-order valence-electron chi connectivity index (χ3n) is 4.60. The molecule has 1 aromatic heterocycles. The zero-order valence-corrected chi connectivity index (χ0v) is 14.0. The number of methoxy groups -OCH3 is 1. The number of anilines is 1. The van der Waals surface area contributed by atoms with Crippen molar-refractivity contribution in [2.24, 2.45) is 5.92 Å². The van der Waals surface area contributed by atoms with Gasteiger partial charge in [-0.1, -0.05) is 6.92 Å². The van der Waals surface area contributed by atoms with Crippen LogP contribution >= 0.6 is 0 Å². The quantitative estimate of drug-likeness (QED) is 0.939. The predicted octanol–water partition coefficient (Wildman–Crippen LogP) is 2.92. The zero-order chi connectivity index (χ0) is 16.6. The number of likely N-dealkylation sites (tertiary alicyclic amines) is 1. The molecule has 0 spiro atoms. The van der Waals surface area contributed by atoms with E-state index in [1.165, 1.54) is 19.5 Å². The molecular formula is C17H23FN4O. The number of halogens is 1. The Morgan fingerprint density at radius 2 is 2.09 bits per heavy atom. The molecule has 1 N–H and O–H groups in total. The van der Waals surface area contributed by atoms with Crippen LogP contribution in [0.4, 0.5) is 10.2 Å². The number of rotatable bonds is 4. The number of aromatic nitrogens is 2. The van der Waals surface area contributed by atoms with Crippen LogP contribution in [0.3, 0.4) is 0 Å². The Hall–Kier alpha value is -1.95. The third-order valence-corrected chi connectivity index (χ3v) is 4.60. The number of nitrogens with one attached hydrogen (secondary N) is 1. The fourth-order valence-corrected chi connectivity index (χ4v) is 3.12. The second kappa shape index (κ2) is 6.28. The van der Waals surface area contributed by atoms with Gasteiger partial charge in [0.15, 0.2) is 11.6 Å². The lowest BCUT2D eigenvalue weighted by Gasteiger charge is -2.21. The second-order valence-corrected chi connectivity index (χ2v) is 6.50. The molecule has 1 saturated heterocycles. The van der Waals surface area contributed by atoms with Gasteiger partial charge < -0.3 is 10.1 Å². The lowest BCUT2D eigenvalue weighted by atomic mass is 10.1. The molecule has 1 aliphatic heterocycles. The first-order chi connectivity index (χ1) is 11.0. The van der Waals surface area contributed by atoms with E-state index in [1.54, 1.807) is 6.07 Å². The molecule has 6 heteroatoms. The van der Waals surface area contributed by atoms with Crippen LogP contribution in [0.15, 0.2) is 18.5 Å². The summed E-state index contributed by atoms with van der Waals surface area (Å²) in [5.74, 6) is 1.05. The molecule has 2 unspecified atom stereocenters. The van der Waals surface area contributed by atoms with E-state index >= 15 is 0 Å². The average Bonchev–Trinajstić information content (AvgIpc) is 2.88. The smallest absolute Gasteiger partial charge is 0.167 e. The Balaban J connectivity index is 1.91. The SMILES string of the molecule is COc1cc2c(NC3CN(C(C)C)CC3C)ncnc2cc1F. The van der Waals surface area contributed by atoms with Crippen molar-refractivity contribution in [3.05, 3.63) is 24.3 Å². The van der Waals surface area contributed by atoms with Gasteiger partial charge in [-0.3, -0.25) is 4.90 Å². The zero-order valence-electron chi connectivity index (χ0n) is 14.0. The Labute approximate surface area is 135 Å². The number of fused-ring (bicyclic) bond motifs is 1. The summed E-state index contributed by atoms with van der Waals surface area (Å²) >= 11 is 0. The van der Waals surface area contributed by atoms with Crippen molar-refractivity contribution in [1.29, 1.82) is 0 Å². The fourth-order valence-electron chi connectivity index (χ4n) is 3.12. The van der Waals surface area contributed by atoms with Gasteiger partial charge in [-0.05, 0) is 25.8 Å². The maximum absolute atomic E-state index is 13.8. The first-order valence-corrected chi connectivity index (χ1v) is 7.98. The molecule has 23 heavy (non-hydrogen) atoms. The van der Waals surface area contributed by atoms with Crippen molar-refractivity contribution >= 4 is 16.7 Å². The standard InChI is InChI=1S/C17H23FN4O/c1-10(2)22-7-11(3)15(8-22)21-17-12-5-16(23-4)13(18)6-14(12)19-9-20-17/h5-6,9-11,15H,7-8H2,1-4H3,(H,19,20,21). The highest BCUT2D eigenvalue weighted by Gasteiger charge is 2.31. The van der Waals surface area contributed by atoms with Gasteiger partial charge in [0.1, 0.15) is 12.1 Å². The number of ether oxygens (including phenoxy) is 1. The largest absolute Gasteiger partial charge is 0.494 e. The Kier molecular flexibility index (Phi) is 4.35. The molecule has 2 heterocycles. The molecule has 0 aliphatic carbocycles. The van der Waals surface area contributed by atoms with Crippen molar-refractivity contribution in [3.63, 3.8) is 0 Å². The van der Waals surface area contributed by atoms with E-state index < -0.39 is 5.82 Å². The molecule has 0 saturated carbocycles. The van der Waals surface area contributed by atoms with E-state index in [9.17, 15) is 4.39 Å². The highest BCUT2D eigenvalue weighted by atomic mass is 19.1. The summed E-state index contributed by atoms with van der Waals surface area (Å²) in [5.41, 5.74) is 0.576. The lowest BCUT2D eigenvalue weighted by molar-refractivity contribution is 0.267. The van der Waals surface area contributed by atoms with E-state index in [0.717, 1.165) is 24.3 Å². The van der Waals surface area contributed by atoms with Crippen LogP contribution in [0.25, 0.3) is 10.9 Å². The summed E-state index contributed by atoms with van der Waals surface area (Å²) < 4.78 is 18.9. The molecular weight excluding hydrogens is 295 g/mol. The average molecular weight is 318 g/mol. The maximum atomic E-state index is 13.8. The minimum absolute atomic E-state index is 0.207. The van der Waals surface area contributed by atoms with Crippen LogP contribution in [0.2, 0.25) is 0 Å². The van der Waals surface area contributed by atoms with Crippen LogP contribution in [-0.4, -0.2) is 47.2 Å². The van der Waals surface area contributed by atoms with Gasteiger partial charge in [-0.15, -0.1) is 0 Å². The monoisotopic (exact) mass is 318 g/mol. The number of hydrogen-bond acceptors (Lipinski definition) is 5. The Morgan fingerprint density at radius 1 is 1.30 bits per heavy atom. The van der Waals surface area contributed by atoms with Crippen LogP contribution in [0.1, 0.15) is 20.8 Å². The molecule has 2 aromatic rings. The second-order valence-electron chi connectivity index (χ2n) is 6.50. The normalized spacial score (nSPS) is 22.0. The summed E-state index contributed by atoms with van der Waals surface area (Å²) in [6.07, 6.45) is 1.47. The van der Waals surface area contributed by atoms with E-state index in [4.69, 9.17) is 4.74 Å². The highest BCUT2D eigenvalue weighted by Crippen LogP contribution is 2.29. The van der Waals surface area contributed by atoms with Gasteiger partial charge in [0.05, 0.1) is 12.6 Å². The van der Waals surface area contributed by atoms with Crippen LogP contribution in [0, 0.1) is 11.7 Å². The lowest BCUT2D eigenvalue weighted by Crippen LogP contribution is -2.31. The van der Waals surface area contributed by atoms with Crippen LogP contribution in [-0.2, 0) is 0 Å². The topological polar surface area (TPSA) is 50.3 Å². The summed E-state index contributed by atoms with van der Waals surface area (Å²) in [7, 11) is 1.46.